The van der Waals surface area contributed by atoms with E-state index in [1.807, 2.05) is 63.3 Å². The first-order valence-corrected chi connectivity index (χ1v) is 33.2. The van der Waals surface area contributed by atoms with Crippen molar-refractivity contribution in [1.82, 2.24) is 8.97 Å². The normalized spacial score (nSPS) is 24.8. The monoisotopic (exact) mass is 1540 g/mol. The number of ketones is 3. The van der Waals surface area contributed by atoms with E-state index in [0.717, 1.165) is 60.3 Å². The number of benzene rings is 2. The Bertz CT molecular complexity index is 3570. The van der Waals surface area contributed by atoms with E-state index in [2.05, 4.69) is 81.7 Å². The number of halogens is 2. The van der Waals surface area contributed by atoms with Crippen LogP contribution in [0.15, 0.2) is 168 Å². The number of cyclic esters (lactones) is 3. The largest absolute Gasteiger partial charge is 1.00 e. The number of carbonyl (C=O) groups is 9. The van der Waals surface area contributed by atoms with Crippen LogP contribution in [0.1, 0.15) is 153 Å². The molecule has 0 amide bonds. The van der Waals surface area contributed by atoms with Gasteiger partial charge in [-0.15, -0.1) is 0 Å². The Morgan fingerprint density at radius 2 is 0.838 bits per heavy atom. The summed E-state index contributed by atoms with van der Waals surface area (Å²) in [5, 5.41) is 18.1. The fourth-order valence-electron chi connectivity index (χ4n) is 12.7. The molecule has 99 heavy (non-hydrogen) atoms. The van der Waals surface area contributed by atoms with Crippen molar-refractivity contribution in [2.24, 2.45) is 16.2 Å². The van der Waals surface area contributed by atoms with Crippen LogP contribution in [0.3, 0.4) is 0 Å². The number of ether oxygens (including phenoxy) is 6. The maximum Gasteiger partial charge on any atom is 0.338 e. The Morgan fingerprint density at radius 1 is 0.515 bits per heavy atom. The van der Waals surface area contributed by atoms with Gasteiger partial charge in [-0.1, -0.05) is 52.7 Å². The van der Waals surface area contributed by atoms with Crippen LogP contribution < -0.4 is 49.9 Å². The Hall–Kier alpha value is -7.28. The number of rotatable bonds is 23. The Balaban J connectivity index is 0.000000315. The number of esters is 6. The average Bonchev–Trinajstić information content (AvgIpc) is 1.66. The molecule has 538 valence electrons. The molecule has 6 aliphatic rings. The lowest BCUT2D eigenvalue weighted by atomic mass is 9.69. The van der Waals surface area contributed by atoms with Crippen LogP contribution in [0.2, 0.25) is 0 Å². The van der Waals surface area contributed by atoms with Crippen molar-refractivity contribution in [3.8, 4) is 0 Å². The van der Waals surface area contributed by atoms with Gasteiger partial charge in [0.2, 0.25) is 0 Å². The fraction of sp³-hybridized carbons (Fsp3) is 0.474. The van der Waals surface area contributed by atoms with Crippen molar-refractivity contribution in [1.29, 1.82) is 0 Å². The summed E-state index contributed by atoms with van der Waals surface area (Å²) in [6.07, 6.45) is 23.9. The van der Waals surface area contributed by atoms with Gasteiger partial charge in [0, 0.05) is 26.2 Å². The molecule has 0 aromatic heterocycles. The lowest BCUT2D eigenvalue weighted by Gasteiger charge is -2.34. The zero-order chi connectivity index (χ0) is 71.6. The summed E-state index contributed by atoms with van der Waals surface area (Å²) in [6, 6.07) is 14.6. The molecule has 0 radical (unpaired) electrons. The highest BCUT2D eigenvalue weighted by Gasteiger charge is 2.58. The average molecular weight is 1540 g/mol. The van der Waals surface area contributed by atoms with E-state index in [9.17, 15) is 43.2 Å². The number of hydrogen-bond acceptors (Lipinski definition) is 17. The molecule has 2 aromatic carbocycles. The standard InChI is InChI=1S/C30H38NO5.C28H36NO5.C20H26O7.BrH.HI/c1-7-17-31(5,6)24-13-11-23(12-14-24)29(34)35-25-15-16-26(32)30(19-25)20-28(33)36-27(30)18-22(4)10-8-9-21(2)3;1-19(2)8-7-9-20(3)16-25-28(18-26(31)34-25)17-23(14-15-24(28)30)33-27(32)21-10-12-22(13-11-21)29(4,5)6;1-13(4-3-5-15(11-21)12-22)8-18-20(10-19(25)27-18)9-16(26-14(2)23)6-7-17(20)24;;/h7,9,11-16,18,25,27H,1,8,10,17,19-20H2,2-6H3;8,10-16,23,25H,7,9,17-18H2,1-6H3;5-8,16,18,21-22H,3-4,9-12H2,1-2H3;2*1H/q2*+1;;;/p-2/b22-18+;20-16+;13-8+;;/t25-,27-,30?;23-,25-,28?;16-,18-,20?;;/m111../s1. The second-order valence-corrected chi connectivity index (χ2v) is 28.2. The summed E-state index contributed by atoms with van der Waals surface area (Å²) in [5.41, 5.74) is 5.93. The lowest BCUT2D eigenvalue weighted by molar-refractivity contribution is -0.148. The van der Waals surface area contributed by atoms with Crippen molar-refractivity contribution in [2.75, 3.05) is 55.0 Å². The first kappa shape index (κ1) is 84.1. The van der Waals surface area contributed by atoms with Crippen LogP contribution in [0.4, 0.5) is 11.4 Å². The van der Waals surface area contributed by atoms with Gasteiger partial charge in [-0.05, 0) is 202 Å². The number of carbonyl (C=O) groups excluding carboxylic acids is 9. The molecule has 3 spiro atoms. The zero-order valence-electron chi connectivity index (χ0n) is 59.6. The Labute approximate surface area is 611 Å². The highest BCUT2D eigenvalue weighted by molar-refractivity contribution is 6.02. The third-order valence-corrected chi connectivity index (χ3v) is 18.3. The minimum atomic E-state index is -1.05. The van der Waals surface area contributed by atoms with Gasteiger partial charge >= 0.3 is 35.8 Å². The summed E-state index contributed by atoms with van der Waals surface area (Å²) >= 11 is 0. The van der Waals surface area contributed by atoms with E-state index in [4.69, 9.17) is 38.6 Å². The van der Waals surface area contributed by atoms with Crippen molar-refractivity contribution in [3.05, 3.63) is 179 Å². The van der Waals surface area contributed by atoms with Crippen molar-refractivity contribution < 1.29 is 123 Å². The molecule has 2 aromatic rings. The zero-order valence-corrected chi connectivity index (χ0v) is 63.3. The number of likely N-dealkylation sites (N-methyl/N-ethyl adjacent to an activating group) is 1. The molecule has 0 saturated carbocycles. The maximum atomic E-state index is 13.0. The van der Waals surface area contributed by atoms with Crippen LogP contribution in [0.25, 0.3) is 0 Å². The predicted octanol–water partition coefficient (Wildman–Crippen LogP) is 5.82. The van der Waals surface area contributed by atoms with Crippen molar-refractivity contribution in [2.45, 2.75) is 169 Å². The third kappa shape index (κ3) is 23.1. The van der Waals surface area contributed by atoms with Gasteiger partial charge in [0.05, 0.1) is 95.1 Å². The molecular weight excluding hydrogens is 1440 g/mol. The molecule has 3 saturated heterocycles. The first-order valence-electron chi connectivity index (χ1n) is 33.2. The van der Waals surface area contributed by atoms with E-state index in [0.29, 0.717) is 38.5 Å². The summed E-state index contributed by atoms with van der Waals surface area (Å²) < 4.78 is 34.6. The van der Waals surface area contributed by atoms with Crippen LogP contribution in [-0.4, -0.2) is 155 Å². The summed E-state index contributed by atoms with van der Waals surface area (Å²) in [5.74, 6) is -3.14. The molecule has 8 rings (SSSR count). The van der Waals surface area contributed by atoms with Crippen LogP contribution >= 0.6 is 0 Å². The number of nitrogens with zero attached hydrogens (tertiary/aromatic N) is 2. The smallest absolute Gasteiger partial charge is 0.338 e. The van der Waals surface area contributed by atoms with Gasteiger partial charge < -0.3 is 79.6 Å². The third-order valence-electron chi connectivity index (χ3n) is 18.3. The summed E-state index contributed by atoms with van der Waals surface area (Å²) in [4.78, 5) is 112. The second kappa shape index (κ2) is 37.4. The number of aliphatic hydroxyl groups is 2. The topological polar surface area (TPSA) is 249 Å². The summed E-state index contributed by atoms with van der Waals surface area (Å²) in [6.45, 7) is 19.5. The minimum Gasteiger partial charge on any atom is -1.00 e. The maximum absolute atomic E-state index is 13.0. The molecule has 3 aliphatic carbocycles. The van der Waals surface area contributed by atoms with Gasteiger partial charge in [-0.3, -0.25) is 42.5 Å². The SMILES string of the molecule is C=CC[N+](C)(C)c1ccc(C(=O)O[C@@H]2C=CC(=O)C3(CC(=O)O[C@@H]3/C=C(\C)CCC=C(C)C)C2)cc1.CC(=O)O[C@@H]1C=CC(=O)C2(CC(=O)O[C@@H]2/C=C(\C)CCC=C(CO)CO)C1.CC(C)=CCC/C(C)=C/[C@H]1OC(=O)CC12C[C@H](OC(=O)c1ccc([N+](C)(C)C)cc1)C=CC2=O.[Br-].[I-]. The van der Waals surface area contributed by atoms with Gasteiger partial charge in [0.25, 0.3) is 0 Å². The van der Waals surface area contributed by atoms with Crippen LogP contribution in [0, 0.1) is 16.2 Å². The van der Waals surface area contributed by atoms with E-state index in [1.165, 1.54) is 36.3 Å². The van der Waals surface area contributed by atoms with E-state index in [-0.39, 0.29) is 110 Å². The Morgan fingerprint density at radius 3 is 1.14 bits per heavy atom. The quantitative estimate of drug-likeness (QED) is 0.0438. The predicted molar refractivity (Wildman–Crippen MR) is 372 cm³/mol. The van der Waals surface area contributed by atoms with Gasteiger partial charge in [0.15, 0.2) is 17.3 Å². The molecule has 3 unspecified atom stereocenters. The van der Waals surface area contributed by atoms with Gasteiger partial charge in [-0.25, -0.2) is 9.59 Å². The molecule has 9 atom stereocenters. The first-order chi connectivity index (χ1) is 45.7. The summed E-state index contributed by atoms with van der Waals surface area (Å²) in [7, 11) is 10.3. The molecule has 2 N–H and O–H groups in total. The van der Waals surface area contributed by atoms with E-state index < -0.39 is 88.7 Å². The number of allylic oxidation sites excluding steroid dienone is 11. The highest BCUT2D eigenvalue weighted by atomic mass is 127. The number of aliphatic hydroxyl groups excluding tert-OH is 2. The lowest BCUT2D eigenvalue weighted by Crippen LogP contribution is -3.00. The molecule has 3 heterocycles. The van der Waals surface area contributed by atoms with Crippen LogP contribution in [0.5, 0.6) is 0 Å². The second-order valence-electron chi connectivity index (χ2n) is 28.2. The molecule has 21 heteroatoms. The van der Waals surface area contributed by atoms with Crippen LogP contribution in [-0.2, 0) is 62.0 Å². The van der Waals surface area contributed by atoms with E-state index in [1.54, 1.807) is 54.6 Å². The highest BCUT2D eigenvalue weighted by Crippen LogP contribution is 2.48. The van der Waals surface area contributed by atoms with Crippen molar-refractivity contribution >= 4 is 64.5 Å². The number of hydrogen-bond donors (Lipinski definition) is 2. The minimum absolute atomic E-state index is 0. The number of quaternary nitrogens is 2. The Kier molecular flexibility index (Phi) is 31.8. The fourth-order valence-corrected chi connectivity index (χ4v) is 12.7. The molecule has 3 fully saturated rings. The molecular formula is C78H100BrIN2O17. The van der Waals surface area contributed by atoms with Gasteiger partial charge in [0.1, 0.15) is 54.5 Å². The molecule has 3 aliphatic heterocycles. The van der Waals surface area contributed by atoms with E-state index >= 15 is 0 Å². The van der Waals surface area contributed by atoms with Gasteiger partial charge in [-0.2, -0.15) is 0 Å². The molecule has 0 bridgehead atoms. The molecule has 19 nitrogen and oxygen atoms in total. The van der Waals surface area contributed by atoms with Crippen molar-refractivity contribution in [3.63, 3.8) is 0 Å².